The van der Waals surface area contributed by atoms with Crippen molar-refractivity contribution in [1.82, 2.24) is 0 Å². The van der Waals surface area contributed by atoms with Gasteiger partial charge in [-0.15, -0.1) is 0 Å². The summed E-state index contributed by atoms with van der Waals surface area (Å²) in [5, 5.41) is 19.2. The van der Waals surface area contributed by atoms with Crippen LogP contribution >= 0.6 is 0 Å². The Labute approximate surface area is 147 Å². The molecule has 0 spiro atoms. The van der Waals surface area contributed by atoms with E-state index in [2.05, 4.69) is 0 Å². The Morgan fingerprint density at radius 2 is 1.56 bits per heavy atom. The lowest BCUT2D eigenvalue weighted by atomic mass is 9.79. The average Bonchev–Trinajstić information content (AvgIpc) is 2.62. The van der Waals surface area contributed by atoms with Crippen molar-refractivity contribution in [2.75, 3.05) is 0 Å². The average molecular weight is 338 g/mol. The Morgan fingerprint density at radius 1 is 0.880 bits per heavy atom. The van der Waals surface area contributed by atoms with E-state index in [0.717, 1.165) is 36.8 Å². The topological polar surface area (TPSA) is 74.6 Å². The molecule has 1 saturated carbocycles. The van der Waals surface area contributed by atoms with Crippen molar-refractivity contribution in [2.24, 2.45) is 0 Å². The summed E-state index contributed by atoms with van der Waals surface area (Å²) in [6, 6.07) is 12.9. The van der Waals surface area contributed by atoms with Crippen LogP contribution in [0.2, 0.25) is 0 Å². The second-order valence-corrected chi connectivity index (χ2v) is 6.66. The van der Waals surface area contributed by atoms with Crippen LogP contribution in [0, 0.1) is 0 Å². The molecule has 0 bridgehead atoms. The van der Waals surface area contributed by atoms with Crippen molar-refractivity contribution in [1.29, 1.82) is 0 Å². The van der Waals surface area contributed by atoms with Crippen LogP contribution in [0.25, 0.3) is 0 Å². The molecule has 0 unspecified atom stereocenters. The Hall–Kier alpha value is -2.62. The van der Waals surface area contributed by atoms with Crippen LogP contribution in [-0.4, -0.2) is 22.2 Å². The minimum absolute atomic E-state index is 0.0561. The third kappa shape index (κ3) is 3.73. The molecule has 2 N–H and O–H groups in total. The highest BCUT2D eigenvalue weighted by molar-refractivity contribution is 6.03. The van der Waals surface area contributed by atoms with Gasteiger partial charge in [0.1, 0.15) is 0 Å². The van der Waals surface area contributed by atoms with Crippen molar-refractivity contribution in [3.63, 3.8) is 0 Å². The van der Waals surface area contributed by atoms with Crippen molar-refractivity contribution in [3.8, 4) is 0 Å². The van der Waals surface area contributed by atoms with Crippen molar-refractivity contribution in [3.05, 3.63) is 70.3 Å². The lowest BCUT2D eigenvalue weighted by Crippen LogP contribution is -2.16. The summed E-state index contributed by atoms with van der Waals surface area (Å²) in [6.45, 7) is 0. The van der Waals surface area contributed by atoms with Gasteiger partial charge in [0.05, 0.1) is 11.1 Å². The molecule has 0 atom stereocenters. The fourth-order valence-electron chi connectivity index (χ4n) is 3.87. The first-order valence-electron chi connectivity index (χ1n) is 8.74. The highest BCUT2D eigenvalue weighted by atomic mass is 16.4. The maximum Gasteiger partial charge on any atom is 0.336 e. The summed E-state index contributed by atoms with van der Waals surface area (Å²) >= 11 is 0. The molecule has 2 aromatic rings. The molecular weight excluding hydrogens is 316 g/mol. The Balaban J connectivity index is 2.15. The molecule has 1 aliphatic carbocycles. The number of rotatable bonds is 5. The van der Waals surface area contributed by atoms with Gasteiger partial charge in [-0.1, -0.05) is 55.7 Å². The van der Waals surface area contributed by atoms with Gasteiger partial charge >= 0.3 is 11.9 Å². The highest BCUT2D eigenvalue weighted by Gasteiger charge is 2.26. The molecule has 0 aliphatic heterocycles. The fourth-order valence-corrected chi connectivity index (χ4v) is 3.87. The lowest BCUT2D eigenvalue weighted by molar-refractivity contribution is 0.0650. The molecule has 25 heavy (non-hydrogen) atoms. The summed E-state index contributed by atoms with van der Waals surface area (Å²) < 4.78 is 0. The molecule has 2 aromatic carbocycles. The van der Waals surface area contributed by atoms with Gasteiger partial charge in [-0.05, 0) is 47.9 Å². The zero-order chi connectivity index (χ0) is 17.8. The number of carbonyl (C=O) groups is 2. The van der Waals surface area contributed by atoms with E-state index < -0.39 is 11.9 Å². The third-order valence-corrected chi connectivity index (χ3v) is 5.06. The largest absolute Gasteiger partial charge is 0.478 e. The van der Waals surface area contributed by atoms with Crippen molar-refractivity contribution >= 4 is 11.9 Å². The number of aromatic carboxylic acids is 2. The van der Waals surface area contributed by atoms with Crippen LogP contribution in [0.3, 0.4) is 0 Å². The van der Waals surface area contributed by atoms with Gasteiger partial charge < -0.3 is 10.2 Å². The summed E-state index contributed by atoms with van der Waals surface area (Å²) in [5.74, 6) is -2.05. The normalized spacial score (nSPS) is 15.0. The van der Waals surface area contributed by atoms with Gasteiger partial charge in [-0.2, -0.15) is 0 Å². The molecule has 3 rings (SSSR count). The van der Waals surface area contributed by atoms with E-state index in [0.29, 0.717) is 17.9 Å². The number of hydrogen-bond donors (Lipinski definition) is 2. The monoisotopic (exact) mass is 338 g/mol. The van der Waals surface area contributed by atoms with Gasteiger partial charge in [0.25, 0.3) is 0 Å². The Morgan fingerprint density at radius 3 is 2.16 bits per heavy atom. The molecule has 0 radical (unpaired) electrons. The molecule has 1 fully saturated rings. The predicted octanol–water partition coefficient (Wildman–Crippen LogP) is 4.72. The van der Waals surface area contributed by atoms with Crippen LogP contribution in [0.1, 0.15) is 75.4 Å². The van der Waals surface area contributed by atoms with E-state index in [9.17, 15) is 19.8 Å². The molecule has 1 aliphatic rings. The predicted molar refractivity (Wildman–Crippen MR) is 95.4 cm³/mol. The van der Waals surface area contributed by atoms with Crippen LogP contribution < -0.4 is 0 Å². The summed E-state index contributed by atoms with van der Waals surface area (Å²) in [4.78, 5) is 23.5. The van der Waals surface area contributed by atoms with E-state index in [-0.39, 0.29) is 11.1 Å². The third-order valence-electron chi connectivity index (χ3n) is 5.06. The molecule has 0 amide bonds. The van der Waals surface area contributed by atoms with E-state index in [1.807, 2.05) is 36.4 Å². The van der Waals surface area contributed by atoms with E-state index in [4.69, 9.17) is 0 Å². The Bertz CT molecular complexity index is 774. The van der Waals surface area contributed by atoms with Gasteiger partial charge in [0.15, 0.2) is 0 Å². The van der Waals surface area contributed by atoms with Gasteiger partial charge in [-0.25, -0.2) is 9.59 Å². The number of carboxylic acid groups (broad SMARTS) is 2. The SMILES string of the molecule is O=C(O)c1ccc(C2CCCCC2)c(Cc2ccccc2)c1C(=O)O. The molecular formula is C21H22O4. The number of hydrogen-bond acceptors (Lipinski definition) is 2. The second-order valence-electron chi connectivity index (χ2n) is 6.66. The van der Waals surface area contributed by atoms with Gasteiger partial charge in [0, 0.05) is 0 Å². The fraction of sp³-hybridized carbons (Fsp3) is 0.333. The first kappa shape index (κ1) is 17.2. The highest BCUT2D eigenvalue weighted by Crippen LogP contribution is 2.37. The lowest BCUT2D eigenvalue weighted by Gasteiger charge is -2.26. The maximum absolute atomic E-state index is 11.9. The van der Waals surface area contributed by atoms with E-state index in [1.54, 1.807) is 0 Å². The minimum atomic E-state index is -1.19. The van der Waals surface area contributed by atoms with Crippen LogP contribution in [0.4, 0.5) is 0 Å². The first-order valence-corrected chi connectivity index (χ1v) is 8.74. The molecule has 0 heterocycles. The zero-order valence-corrected chi connectivity index (χ0v) is 14.1. The second kappa shape index (κ2) is 7.51. The van der Waals surface area contributed by atoms with Crippen LogP contribution in [0.5, 0.6) is 0 Å². The molecule has 0 aromatic heterocycles. The maximum atomic E-state index is 11.9. The quantitative estimate of drug-likeness (QED) is 0.827. The zero-order valence-electron chi connectivity index (χ0n) is 14.1. The summed E-state index contributed by atoms with van der Waals surface area (Å²) in [5.41, 5.74) is 2.47. The molecule has 0 saturated heterocycles. The number of carboxylic acids is 2. The van der Waals surface area contributed by atoms with Crippen LogP contribution in [-0.2, 0) is 6.42 Å². The summed E-state index contributed by atoms with van der Waals surface area (Å²) in [7, 11) is 0. The van der Waals surface area contributed by atoms with Crippen molar-refractivity contribution in [2.45, 2.75) is 44.4 Å². The molecule has 4 nitrogen and oxygen atoms in total. The number of benzene rings is 2. The Kier molecular flexibility index (Phi) is 5.17. The first-order chi connectivity index (χ1) is 12.1. The minimum Gasteiger partial charge on any atom is -0.478 e. The molecule has 4 heteroatoms. The van der Waals surface area contributed by atoms with Gasteiger partial charge in [-0.3, -0.25) is 0 Å². The van der Waals surface area contributed by atoms with Crippen molar-refractivity contribution < 1.29 is 19.8 Å². The smallest absolute Gasteiger partial charge is 0.336 e. The summed E-state index contributed by atoms with van der Waals surface area (Å²) in [6.07, 6.45) is 6.00. The van der Waals surface area contributed by atoms with Crippen LogP contribution in [0.15, 0.2) is 42.5 Å². The van der Waals surface area contributed by atoms with E-state index in [1.165, 1.54) is 12.5 Å². The standard InChI is InChI=1S/C21H22O4/c22-20(23)17-12-11-16(15-9-5-2-6-10-15)18(19(17)21(24)25)13-14-7-3-1-4-8-14/h1,3-4,7-8,11-12,15H,2,5-6,9-10,13H2,(H,22,23)(H,24,25). The van der Waals surface area contributed by atoms with E-state index >= 15 is 0 Å². The van der Waals surface area contributed by atoms with Gasteiger partial charge in [0.2, 0.25) is 0 Å². The molecule has 130 valence electrons.